The molecule has 0 unspecified atom stereocenters. The number of nitrogens with zero attached hydrogens (tertiary/aromatic N) is 2. The Hall–Kier alpha value is -3.76. The number of carbonyl (C=O) groups is 4. The standard InChI is InChI=1S/C28H26N4O4S2/c1-17-3-11-21(12-4-17)29-23-25(33)31(27(35)37-23)15-19-7-9-20(10-8-19)16-32-26(34)24(38-28(32)36)30-22-13-5-18(2)6-14-22/h3-14,23-24,29-30H,15-16H2,1-2H3/t23-,24-/m0/s1. The Morgan fingerprint density at radius 3 is 1.26 bits per heavy atom. The Balaban J connectivity index is 1.17. The molecule has 2 atom stereocenters. The number of thioether (sulfide) groups is 2. The van der Waals surface area contributed by atoms with Crippen LogP contribution in [0.5, 0.6) is 0 Å². The number of rotatable bonds is 8. The van der Waals surface area contributed by atoms with Crippen LogP contribution in [0, 0.1) is 13.8 Å². The normalized spacial score (nSPS) is 19.4. The van der Waals surface area contributed by atoms with E-state index in [1.54, 1.807) is 0 Å². The fourth-order valence-electron chi connectivity index (χ4n) is 4.08. The summed E-state index contributed by atoms with van der Waals surface area (Å²) in [6, 6.07) is 22.5. The molecule has 3 aromatic rings. The van der Waals surface area contributed by atoms with Gasteiger partial charge in [0.15, 0.2) is 10.7 Å². The van der Waals surface area contributed by atoms with E-state index in [0.717, 1.165) is 57.2 Å². The molecule has 0 spiro atoms. The van der Waals surface area contributed by atoms with Gasteiger partial charge in [0.25, 0.3) is 22.3 Å². The van der Waals surface area contributed by atoms with Gasteiger partial charge in [0, 0.05) is 11.4 Å². The van der Waals surface area contributed by atoms with E-state index in [1.165, 1.54) is 9.80 Å². The number of hydrogen-bond donors (Lipinski definition) is 2. The van der Waals surface area contributed by atoms with E-state index in [2.05, 4.69) is 10.6 Å². The van der Waals surface area contributed by atoms with Crippen molar-refractivity contribution in [2.45, 2.75) is 37.7 Å². The van der Waals surface area contributed by atoms with Crippen molar-refractivity contribution in [1.29, 1.82) is 0 Å². The Morgan fingerprint density at radius 1 is 0.579 bits per heavy atom. The van der Waals surface area contributed by atoms with Crippen LogP contribution in [0.25, 0.3) is 0 Å². The summed E-state index contributed by atoms with van der Waals surface area (Å²) < 4.78 is 0. The lowest BCUT2D eigenvalue weighted by Crippen LogP contribution is -2.34. The van der Waals surface area contributed by atoms with Gasteiger partial charge in [-0.3, -0.25) is 29.0 Å². The molecule has 0 bridgehead atoms. The monoisotopic (exact) mass is 546 g/mol. The number of benzene rings is 3. The molecule has 2 heterocycles. The minimum atomic E-state index is -0.671. The average Bonchev–Trinajstić information content (AvgIpc) is 3.32. The lowest BCUT2D eigenvalue weighted by Gasteiger charge is -2.17. The Bertz CT molecular complexity index is 1270. The van der Waals surface area contributed by atoms with Gasteiger partial charge in [0.05, 0.1) is 13.1 Å². The number of anilines is 2. The van der Waals surface area contributed by atoms with Crippen LogP contribution in [-0.2, 0) is 22.7 Å². The van der Waals surface area contributed by atoms with Crippen molar-refractivity contribution >= 4 is 57.2 Å². The minimum Gasteiger partial charge on any atom is -0.365 e. The van der Waals surface area contributed by atoms with Crippen molar-refractivity contribution in [3.63, 3.8) is 0 Å². The minimum absolute atomic E-state index is 0.150. The molecule has 0 saturated carbocycles. The van der Waals surface area contributed by atoms with Crippen LogP contribution in [0.15, 0.2) is 72.8 Å². The van der Waals surface area contributed by atoms with E-state index in [0.29, 0.717) is 0 Å². The van der Waals surface area contributed by atoms with Gasteiger partial charge in [-0.2, -0.15) is 0 Å². The van der Waals surface area contributed by atoms with Gasteiger partial charge in [-0.15, -0.1) is 0 Å². The first kappa shape index (κ1) is 25.9. The molecule has 2 aliphatic rings. The van der Waals surface area contributed by atoms with E-state index in [9.17, 15) is 19.2 Å². The molecule has 0 aliphatic carbocycles. The van der Waals surface area contributed by atoms with Gasteiger partial charge in [-0.05, 0) is 72.8 Å². The molecule has 3 aromatic carbocycles. The van der Waals surface area contributed by atoms with Crippen LogP contribution >= 0.6 is 23.5 Å². The van der Waals surface area contributed by atoms with E-state index in [4.69, 9.17) is 0 Å². The third-order valence-corrected chi connectivity index (χ3v) is 8.22. The number of hydrogen-bond acceptors (Lipinski definition) is 8. The molecule has 10 heteroatoms. The van der Waals surface area contributed by atoms with Crippen molar-refractivity contribution in [1.82, 2.24) is 9.80 Å². The summed E-state index contributed by atoms with van der Waals surface area (Å²) in [5, 5.41) is 4.28. The Kier molecular flexibility index (Phi) is 7.44. The molecule has 5 rings (SSSR count). The maximum atomic E-state index is 12.9. The highest BCUT2D eigenvalue weighted by Gasteiger charge is 2.40. The topological polar surface area (TPSA) is 98.8 Å². The van der Waals surface area contributed by atoms with E-state index in [-0.39, 0.29) is 35.4 Å². The van der Waals surface area contributed by atoms with E-state index < -0.39 is 10.7 Å². The zero-order chi connectivity index (χ0) is 26.8. The Labute approximate surface area is 229 Å². The van der Waals surface area contributed by atoms with Crippen molar-refractivity contribution in [3.8, 4) is 0 Å². The molecule has 8 nitrogen and oxygen atoms in total. The predicted molar refractivity (Wildman–Crippen MR) is 151 cm³/mol. The van der Waals surface area contributed by atoms with Gasteiger partial charge in [0.1, 0.15) is 0 Å². The van der Waals surface area contributed by atoms with Crippen LogP contribution in [0.2, 0.25) is 0 Å². The molecule has 0 radical (unpaired) electrons. The van der Waals surface area contributed by atoms with E-state index in [1.807, 2.05) is 86.6 Å². The summed E-state index contributed by atoms with van der Waals surface area (Å²) in [7, 11) is 0. The lowest BCUT2D eigenvalue weighted by molar-refractivity contribution is -0.127. The summed E-state index contributed by atoms with van der Waals surface area (Å²) in [5.41, 5.74) is 5.33. The fourth-order valence-corrected chi connectivity index (χ4v) is 5.89. The van der Waals surface area contributed by atoms with Gasteiger partial charge in [-0.1, -0.05) is 59.7 Å². The van der Waals surface area contributed by atoms with Crippen molar-refractivity contribution in [3.05, 3.63) is 95.1 Å². The number of nitrogens with one attached hydrogen (secondary N) is 2. The second kappa shape index (κ2) is 10.9. The molecule has 2 fully saturated rings. The van der Waals surface area contributed by atoms with Crippen molar-refractivity contribution in [2.24, 2.45) is 0 Å². The van der Waals surface area contributed by atoms with Crippen LogP contribution in [-0.4, -0.2) is 42.8 Å². The van der Waals surface area contributed by atoms with Gasteiger partial charge in [0.2, 0.25) is 0 Å². The maximum Gasteiger partial charge on any atom is 0.291 e. The molecule has 0 aromatic heterocycles. The summed E-state index contributed by atoms with van der Waals surface area (Å²) in [5.74, 6) is -0.580. The molecule has 2 saturated heterocycles. The first-order valence-corrected chi connectivity index (χ1v) is 13.8. The average molecular weight is 547 g/mol. The summed E-state index contributed by atoms with van der Waals surface area (Å²) in [4.78, 5) is 53.3. The molecular formula is C28H26N4O4S2. The van der Waals surface area contributed by atoms with Gasteiger partial charge < -0.3 is 10.6 Å². The molecule has 38 heavy (non-hydrogen) atoms. The predicted octanol–water partition coefficient (Wildman–Crippen LogP) is 5.57. The highest BCUT2D eigenvalue weighted by atomic mass is 32.2. The highest BCUT2D eigenvalue weighted by Crippen LogP contribution is 2.31. The first-order valence-electron chi connectivity index (χ1n) is 12.0. The van der Waals surface area contributed by atoms with Crippen LogP contribution in [0.4, 0.5) is 21.0 Å². The number of amides is 4. The summed E-state index contributed by atoms with van der Waals surface area (Å²) in [6.07, 6.45) is 0. The van der Waals surface area contributed by atoms with Crippen LogP contribution in [0.1, 0.15) is 22.3 Å². The van der Waals surface area contributed by atoms with Crippen LogP contribution < -0.4 is 10.6 Å². The molecule has 4 amide bonds. The summed E-state index contributed by atoms with van der Waals surface area (Å²) >= 11 is 1.93. The second-order valence-electron chi connectivity index (χ2n) is 9.21. The smallest absolute Gasteiger partial charge is 0.291 e. The quantitative estimate of drug-likeness (QED) is 0.378. The number of carbonyl (C=O) groups excluding carboxylic acids is 4. The fraction of sp³-hybridized carbons (Fsp3) is 0.214. The third-order valence-electron chi connectivity index (χ3n) is 6.26. The SMILES string of the molecule is Cc1ccc(N[C@H]2SC(=O)N(Cc3ccc(CN4C(=O)S[C@H](Nc5ccc(C)cc5)C4=O)cc3)C2=O)cc1. The maximum absolute atomic E-state index is 12.9. The van der Waals surface area contributed by atoms with Crippen LogP contribution in [0.3, 0.4) is 0 Å². The number of imide groups is 2. The lowest BCUT2D eigenvalue weighted by atomic mass is 10.1. The largest absolute Gasteiger partial charge is 0.365 e. The zero-order valence-corrected chi connectivity index (χ0v) is 22.5. The van der Waals surface area contributed by atoms with Gasteiger partial charge >= 0.3 is 0 Å². The van der Waals surface area contributed by atoms with E-state index >= 15 is 0 Å². The number of aryl methyl sites for hydroxylation is 2. The highest BCUT2D eigenvalue weighted by molar-refractivity contribution is 8.15. The Morgan fingerprint density at radius 2 is 0.921 bits per heavy atom. The molecule has 194 valence electrons. The first-order chi connectivity index (χ1) is 18.3. The zero-order valence-electron chi connectivity index (χ0n) is 20.8. The van der Waals surface area contributed by atoms with Crippen molar-refractivity contribution < 1.29 is 19.2 Å². The summed E-state index contributed by atoms with van der Waals surface area (Å²) in [6.45, 7) is 4.26. The third kappa shape index (κ3) is 5.71. The van der Waals surface area contributed by atoms with Crippen molar-refractivity contribution in [2.75, 3.05) is 10.6 Å². The van der Waals surface area contributed by atoms with Gasteiger partial charge in [-0.25, -0.2) is 0 Å². The molecule has 2 N–H and O–H groups in total. The second-order valence-corrected chi connectivity index (χ2v) is 11.3. The molecule has 2 aliphatic heterocycles. The molecular weight excluding hydrogens is 520 g/mol.